The Morgan fingerprint density at radius 1 is 1.07 bits per heavy atom. The third-order valence-electron chi connectivity index (χ3n) is 10.5. The van der Waals surface area contributed by atoms with Crippen LogP contribution in [0.4, 0.5) is 0 Å². The van der Waals surface area contributed by atoms with E-state index in [0.29, 0.717) is 23.2 Å². The molecule has 0 amide bonds. The SMILES string of the molecule is C[C@H](CC[C@H](O)C(C)(C)O)[C@H]1CCC2C3CC=C4C[C@@H](O)CC[C@]4(C)C3CC[C@@]21C. The quantitative estimate of drug-likeness (QED) is 0.519. The summed E-state index contributed by atoms with van der Waals surface area (Å²) in [6.07, 6.45) is 13.1. The number of hydrogen-bond acceptors (Lipinski definition) is 3. The topological polar surface area (TPSA) is 60.7 Å². The van der Waals surface area contributed by atoms with Crippen LogP contribution in [-0.2, 0) is 0 Å². The van der Waals surface area contributed by atoms with Crippen LogP contribution < -0.4 is 0 Å². The van der Waals surface area contributed by atoms with Gasteiger partial charge in [-0.3, -0.25) is 0 Å². The first kappa shape index (κ1) is 22.8. The Morgan fingerprint density at radius 2 is 1.80 bits per heavy atom. The van der Waals surface area contributed by atoms with E-state index >= 15 is 0 Å². The largest absolute Gasteiger partial charge is 0.393 e. The molecule has 0 spiro atoms. The van der Waals surface area contributed by atoms with E-state index in [1.807, 2.05) is 0 Å². The molecule has 3 N–H and O–H groups in total. The van der Waals surface area contributed by atoms with Gasteiger partial charge in [0, 0.05) is 0 Å². The van der Waals surface area contributed by atoms with Crippen molar-refractivity contribution < 1.29 is 15.3 Å². The van der Waals surface area contributed by atoms with Gasteiger partial charge >= 0.3 is 0 Å². The molecule has 0 aromatic heterocycles. The molecular formula is C27H46O3. The third kappa shape index (κ3) is 3.71. The van der Waals surface area contributed by atoms with E-state index < -0.39 is 11.7 Å². The Bertz CT molecular complexity index is 664. The van der Waals surface area contributed by atoms with Crippen molar-refractivity contribution in [3.63, 3.8) is 0 Å². The molecule has 3 heteroatoms. The predicted molar refractivity (Wildman–Crippen MR) is 122 cm³/mol. The Morgan fingerprint density at radius 3 is 2.50 bits per heavy atom. The molecule has 3 nitrogen and oxygen atoms in total. The van der Waals surface area contributed by atoms with Crippen LogP contribution in [0.5, 0.6) is 0 Å². The lowest BCUT2D eigenvalue weighted by molar-refractivity contribution is -0.0656. The van der Waals surface area contributed by atoms with Gasteiger partial charge in [0.1, 0.15) is 0 Å². The van der Waals surface area contributed by atoms with E-state index in [2.05, 4.69) is 26.8 Å². The number of aliphatic hydroxyl groups excluding tert-OH is 2. The maximum atomic E-state index is 10.3. The molecule has 4 aliphatic carbocycles. The molecule has 0 aromatic carbocycles. The van der Waals surface area contributed by atoms with Gasteiger partial charge in [-0.1, -0.05) is 32.4 Å². The van der Waals surface area contributed by atoms with Gasteiger partial charge in [-0.25, -0.2) is 0 Å². The zero-order chi connectivity index (χ0) is 21.9. The van der Waals surface area contributed by atoms with E-state index in [9.17, 15) is 15.3 Å². The second kappa shape index (κ2) is 7.89. The van der Waals surface area contributed by atoms with Crippen LogP contribution in [0.1, 0.15) is 98.8 Å². The van der Waals surface area contributed by atoms with Gasteiger partial charge in [0.2, 0.25) is 0 Å². The highest BCUT2D eigenvalue weighted by molar-refractivity contribution is 5.25. The molecule has 30 heavy (non-hydrogen) atoms. The van der Waals surface area contributed by atoms with Gasteiger partial charge < -0.3 is 15.3 Å². The molecule has 4 rings (SSSR count). The summed E-state index contributed by atoms with van der Waals surface area (Å²) in [7, 11) is 0. The summed E-state index contributed by atoms with van der Waals surface area (Å²) >= 11 is 0. The average molecular weight is 419 g/mol. The maximum absolute atomic E-state index is 10.3. The number of aliphatic hydroxyl groups is 3. The summed E-state index contributed by atoms with van der Waals surface area (Å²) in [4.78, 5) is 0. The van der Waals surface area contributed by atoms with Crippen molar-refractivity contribution in [3.8, 4) is 0 Å². The lowest BCUT2D eigenvalue weighted by Gasteiger charge is -2.58. The smallest absolute Gasteiger partial charge is 0.0849 e. The summed E-state index contributed by atoms with van der Waals surface area (Å²) in [6, 6.07) is 0. The highest BCUT2D eigenvalue weighted by Crippen LogP contribution is 2.67. The van der Waals surface area contributed by atoms with Crippen LogP contribution in [0.2, 0.25) is 0 Å². The minimum absolute atomic E-state index is 0.120. The molecule has 0 heterocycles. The second-order valence-corrected chi connectivity index (χ2v) is 12.6. The van der Waals surface area contributed by atoms with E-state index in [1.165, 1.54) is 38.5 Å². The van der Waals surface area contributed by atoms with Gasteiger partial charge in [-0.15, -0.1) is 0 Å². The molecule has 9 atom stereocenters. The van der Waals surface area contributed by atoms with Gasteiger partial charge in [-0.2, -0.15) is 0 Å². The Labute approximate surface area is 184 Å². The molecule has 3 unspecified atom stereocenters. The lowest BCUT2D eigenvalue weighted by atomic mass is 9.47. The average Bonchev–Trinajstić information content (AvgIpc) is 3.03. The van der Waals surface area contributed by atoms with Crippen LogP contribution in [0.25, 0.3) is 0 Å². The molecule has 172 valence electrons. The summed E-state index contributed by atoms with van der Waals surface area (Å²) in [5.41, 5.74) is 1.31. The predicted octanol–water partition coefficient (Wildman–Crippen LogP) is 5.47. The van der Waals surface area contributed by atoms with Crippen molar-refractivity contribution in [1.82, 2.24) is 0 Å². The van der Waals surface area contributed by atoms with Crippen LogP contribution in [0.3, 0.4) is 0 Å². The van der Waals surface area contributed by atoms with Crippen molar-refractivity contribution in [2.75, 3.05) is 0 Å². The fraction of sp³-hybridized carbons (Fsp3) is 0.926. The van der Waals surface area contributed by atoms with Gasteiger partial charge in [0.05, 0.1) is 17.8 Å². The normalized spacial score (nSPS) is 45.7. The number of fused-ring (bicyclic) bond motifs is 5. The van der Waals surface area contributed by atoms with E-state index in [1.54, 1.807) is 19.4 Å². The number of hydrogen-bond donors (Lipinski definition) is 3. The van der Waals surface area contributed by atoms with Crippen molar-refractivity contribution in [1.29, 1.82) is 0 Å². The number of rotatable bonds is 5. The van der Waals surface area contributed by atoms with Crippen molar-refractivity contribution in [2.24, 2.45) is 40.4 Å². The van der Waals surface area contributed by atoms with Crippen LogP contribution in [0, 0.1) is 40.4 Å². The molecule has 3 saturated carbocycles. The first-order chi connectivity index (χ1) is 14.0. The minimum atomic E-state index is -1.00. The summed E-state index contributed by atoms with van der Waals surface area (Å²) in [5, 5.41) is 30.6. The molecule has 3 fully saturated rings. The standard InChI is InChI=1S/C27H46O3/c1-17(6-11-24(29)25(2,3)30)21-9-10-22-20-8-7-18-16-19(28)12-14-26(18,4)23(20)13-15-27(21,22)5/h7,17,19-24,28-30H,6,8-16H2,1-5H3/t17-,19+,20?,21-,22?,23?,24+,26+,27-/m1/s1. The molecule has 4 aliphatic rings. The monoisotopic (exact) mass is 418 g/mol. The molecule has 0 saturated heterocycles. The Hall–Kier alpha value is -0.380. The van der Waals surface area contributed by atoms with Gasteiger partial charge in [0.15, 0.2) is 0 Å². The maximum Gasteiger partial charge on any atom is 0.0849 e. The molecule has 0 radical (unpaired) electrons. The van der Waals surface area contributed by atoms with Crippen molar-refractivity contribution in [3.05, 3.63) is 11.6 Å². The first-order valence-corrected chi connectivity index (χ1v) is 12.7. The molecule has 0 aromatic rings. The van der Waals surface area contributed by atoms with E-state index in [0.717, 1.165) is 42.9 Å². The third-order valence-corrected chi connectivity index (χ3v) is 10.5. The van der Waals surface area contributed by atoms with E-state index in [4.69, 9.17) is 0 Å². The highest BCUT2D eigenvalue weighted by Gasteiger charge is 2.59. The van der Waals surface area contributed by atoms with Crippen LogP contribution >= 0.6 is 0 Å². The van der Waals surface area contributed by atoms with Crippen LogP contribution in [-0.4, -0.2) is 33.1 Å². The fourth-order valence-electron chi connectivity index (χ4n) is 8.59. The van der Waals surface area contributed by atoms with E-state index in [-0.39, 0.29) is 6.10 Å². The minimum Gasteiger partial charge on any atom is -0.393 e. The summed E-state index contributed by atoms with van der Waals surface area (Å²) in [6.45, 7) is 10.9. The fourth-order valence-corrected chi connectivity index (χ4v) is 8.59. The first-order valence-electron chi connectivity index (χ1n) is 12.7. The second-order valence-electron chi connectivity index (χ2n) is 12.6. The van der Waals surface area contributed by atoms with Crippen LogP contribution in [0.15, 0.2) is 11.6 Å². The molecule has 0 bridgehead atoms. The highest BCUT2D eigenvalue weighted by atomic mass is 16.3. The zero-order valence-electron chi connectivity index (χ0n) is 20.0. The van der Waals surface area contributed by atoms with Gasteiger partial charge in [-0.05, 0) is 118 Å². The van der Waals surface area contributed by atoms with Crippen molar-refractivity contribution in [2.45, 2.75) is 117 Å². The van der Waals surface area contributed by atoms with Crippen molar-refractivity contribution >= 4 is 0 Å². The number of allylic oxidation sites excluding steroid dienone is 1. The zero-order valence-corrected chi connectivity index (χ0v) is 20.0. The Balaban J connectivity index is 1.47. The summed E-state index contributed by atoms with van der Waals surface area (Å²) < 4.78 is 0. The molecule has 0 aliphatic heterocycles. The summed E-state index contributed by atoms with van der Waals surface area (Å²) in [5.74, 6) is 3.78. The lowest BCUT2D eigenvalue weighted by Crippen LogP contribution is -2.50. The molecular weight excluding hydrogens is 372 g/mol. The van der Waals surface area contributed by atoms with Gasteiger partial charge in [0.25, 0.3) is 0 Å². The Kier molecular flexibility index (Phi) is 5.99.